The highest BCUT2D eigenvalue weighted by Gasteiger charge is 2.19. The lowest BCUT2D eigenvalue weighted by Gasteiger charge is -2.17. The number of aromatic nitrogens is 2. The van der Waals surface area contributed by atoms with Gasteiger partial charge < -0.3 is 19.4 Å². The molecule has 33 heavy (non-hydrogen) atoms. The Morgan fingerprint density at radius 3 is 2.70 bits per heavy atom. The van der Waals surface area contributed by atoms with Gasteiger partial charge in [0, 0.05) is 12.1 Å². The van der Waals surface area contributed by atoms with Crippen molar-refractivity contribution in [2.75, 3.05) is 13.7 Å². The minimum atomic E-state index is -0.291. The predicted molar refractivity (Wildman–Crippen MR) is 130 cm³/mol. The number of ether oxygens (including phenoxy) is 2. The zero-order valence-corrected chi connectivity index (χ0v) is 19.4. The fraction of sp³-hybridized carbons (Fsp3) is 0.231. The van der Waals surface area contributed by atoms with Crippen molar-refractivity contribution in [3.8, 4) is 11.5 Å². The van der Waals surface area contributed by atoms with Gasteiger partial charge in [0.2, 0.25) is 0 Å². The van der Waals surface area contributed by atoms with Gasteiger partial charge in [-0.25, -0.2) is 4.98 Å². The summed E-state index contributed by atoms with van der Waals surface area (Å²) in [5.74, 6) is 1.93. The molecule has 1 unspecified atom stereocenters. The highest BCUT2D eigenvalue weighted by molar-refractivity contribution is 6.32. The van der Waals surface area contributed by atoms with Crippen molar-refractivity contribution < 1.29 is 14.3 Å². The van der Waals surface area contributed by atoms with E-state index >= 15 is 0 Å². The molecule has 1 atom stereocenters. The van der Waals surface area contributed by atoms with E-state index in [9.17, 15) is 4.79 Å². The molecule has 0 spiro atoms. The average Bonchev–Trinajstić information content (AvgIpc) is 3.21. The van der Waals surface area contributed by atoms with Crippen LogP contribution in [-0.4, -0.2) is 29.2 Å². The van der Waals surface area contributed by atoms with Gasteiger partial charge in [0.15, 0.2) is 0 Å². The molecule has 0 bridgehead atoms. The van der Waals surface area contributed by atoms with Crippen LogP contribution in [0.25, 0.3) is 11.0 Å². The number of nitrogens with zero attached hydrogens (tertiary/aromatic N) is 2. The first-order valence-corrected chi connectivity index (χ1v) is 11.2. The van der Waals surface area contributed by atoms with Crippen LogP contribution in [0.5, 0.6) is 11.5 Å². The smallest absolute Gasteiger partial charge is 0.251 e. The highest BCUT2D eigenvalue weighted by atomic mass is 35.5. The van der Waals surface area contributed by atoms with Crippen molar-refractivity contribution in [3.05, 3.63) is 89.2 Å². The van der Waals surface area contributed by atoms with Crippen LogP contribution in [0.1, 0.15) is 35.6 Å². The Morgan fingerprint density at radius 2 is 1.88 bits per heavy atom. The van der Waals surface area contributed by atoms with E-state index in [4.69, 9.17) is 26.1 Å². The third-order valence-corrected chi connectivity index (χ3v) is 5.68. The number of nitrogens with one attached hydrogen (secondary N) is 1. The number of carbonyl (C=O) groups is 1. The number of benzene rings is 3. The number of rotatable bonds is 9. The summed E-state index contributed by atoms with van der Waals surface area (Å²) in [6, 6.07) is 22.2. The molecule has 7 heteroatoms. The number of fused-ring (bicyclic) bond motifs is 1. The normalized spacial score (nSPS) is 11.8. The number of para-hydroxylation sites is 3. The first-order chi connectivity index (χ1) is 16.1. The fourth-order valence-corrected chi connectivity index (χ4v) is 3.93. The molecular weight excluding hydrogens is 438 g/mol. The molecule has 4 aromatic rings. The van der Waals surface area contributed by atoms with Crippen molar-refractivity contribution in [2.24, 2.45) is 0 Å². The molecule has 1 aromatic heterocycles. The SMILES string of the molecule is COc1cccc(C(=O)NC(C)c2nc3ccccc3n2CCCOc2ccccc2Cl)c1. The monoisotopic (exact) mass is 463 g/mol. The third kappa shape index (κ3) is 5.29. The number of imidazole rings is 1. The van der Waals surface area contributed by atoms with Crippen molar-refractivity contribution in [1.29, 1.82) is 0 Å². The molecule has 6 nitrogen and oxygen atoms in total. The lowest BCUT2D eigenvalue weighted by atomic mass is 10.2. The van der Waals surface area contributed by atoms with E-state index in [0.717, 1.165) is 23.3 Å². The Kier molecular flexibility index (Phi) is 7.15. The Bertz CT molecular complexity index is 1250. The summed E-state index contributed by atoms with van der Waals surface area (Å²) in [4.78, 5) is 17.6. The largest absolute Gasteiger partial charge is 0.497 e. The van der Waals surface area contributed by atoms with Crippen LogP contribution < -0.4 is 14.8 Å². The molecule has 0 fully saturated rings. The van der Waals surface area contributed by atoms with E-state index in [1.165, 1.54) is 0 Å². The zero-order chi connectivity index (χ0) is 23.2. The second-order valence-electron chi connectivity index (χ2n) is 7.67. The van der Waals surface area contributed by atoms with Crippen LogP contribution in [0.4, 0.5) is 0 Å². The number of hydrogen-bond donors (Lipinski definition) is 1. The zero-order valence-electron chi connectivity index (χ0n) is 18.6. The summed E-state index contributed by atoms with van der Waals surface area (Å²) in [5.41, 5.74) is 2.45. The van der Waals surface area contributed by atoms with Gasteiger partial charge in [0.25, 0.3) is 5.91 Å². The van der Waals surface area contributed by atoms with E-state index in [1.807, 2.05) is 61.5 Å². The third-order valence-electron chi connectivity index (χ3n) is 5.37. The Hall–Kier alpha value is -3.51. The first kappa shape index (κ1) is 22.7. The summed E-state index contributed by atoms with van der Waals surface area (Å²) in [5, 5.41) is 3.66. The second kappa shape index (κ2) is 10.4. The number of methoxy groups -OCH3 is 1. The molecule has 0 aliphatic heterocycles. The van der Waals surface area contributed by atoms with E-state index < -0.39 is 0 Å². The number of amides is 1. The van der Waals surface area contributed by atoms with Crippen LogP contribution >= 0.6 is 11.6 Å². The standard InChI is InChI=1S/C26H26ClN3O3/c1-18(28-26(31)19-9-7-10-20(17-19)32-2)25-29-22-12-4-5-13-23(22)30(25)15-8-16-33-24-14-6-3-11-21(24)27/h3-7,9-14,17-18H,8,15-16H2,1-2H3,(H,28,31). The van der Waals surface area contributed by atoms with Crippen molar-refractivity contribution in [2.45, 2.75) is 25.9 Å². The number of carbonyl (C=O) groups excluding carboxylic acids is 1. The summed E-state index contributed by atoms with van der Waals surface area (Å²) in [6.45, 7) is 3.15. The van der Waals surface area contributed by atoms with Crippen LogP contribution in [0, 0.1) is 0 Å². The Morgan fingerprint density at radius 1 is 1.09 bits per heavy atom. The van der Waals surface area contributed by atoms with Crippen molar-refractivity contribution in [1.82, 2.24) is 14.9 Å². The number of hydrogen-bond acceptors (Lipinski definition) is 4. The maximum Gasteiger partial charge on any atom is 0.251 e. The minimum Gasteiger partial charge on any atom is -0.497 e. The van der Waals surface area contributed by atoms with Gasteiger partial charge >= 0.3 is 0 Å². The molecule has 0 saturated carbocycles. The molecule has 0 saturated heterocycles. The number of aryl methyl sites for hydroxylation is 1. The number of halogens is 1. The second-order valence-corrected chi connectivity index (χ2v) is 8.08. The van der Waals surface area contributed by atoms with Gasteiger partial charge in [0.1, 0.15) is 17.3 Å². The minimum absolute atomic E-state index is 0.179. The van der Waals surface area contributed by atoms with Crippen molar-refractivity contribution >= 4 is 28.5 Å². The van der Waals surface area contributed by atoms with Gasteiger partial charge in [-0.2, -0.15) is 0 Å². The molecule has 3 aromatic carbocycles. The molecule has 0 radical (unpaired) electrons. The molecule has 0 aliphatic rings. The highest BCUT2D eigenvalue weighted by Crippen LogP contribution is 2.24. The molecule has 1 amide bonds. The van der Waals surface area contributed by atoms with Crippen molar-refractivity contribution in [3.63, 3.8) is 0 Å². The molecule has 1 N–H and O–H groups in total. The molecule has 4 rings (SSSR count). The van der Waals surface area contributed by atoms with E-state index in [-0.39, 0.29) is 11.9 Å². The van der Waals surface area contributed by atoms with Gasteiger partial charge in [-0.15, -0.1) is 0 Å². The van der Waals surface area contributed by atoms with Crippen LogP contribution in [0.3, 0.4) is 0 Å². The van der Waals surface area contributed by atoms with E-state index in [0.29, 0.717) is 35.2 Å². The Labute approximate surface area is 198 Å². The maximum absolute atomic E-state index is 12.8. The molecular formula is C26H26ClN3O3. The quantitative estimate of drug-likeness (QED) is 0.325. The van der Waals surface area contributed by atoms with E-state index in [2.05, 4.69) is 9.88 Å². The average molecular weight is 464 g/mol. The van der Waals surface area contributed by atoms with Crippen LogP contribution in [0.2, 0.25) is 5.02 Å². The maximum atomic E-state index is 12.8. The predicted octanol–water partition coefficient (Wildman–Crippen LogP) is 5.66. The van der Waals surface area contributed by atoms with Gasteiger partial charge in [-0.05, 0) is 55.8 Å². The van der Waals surface area contributed by atoms with Crippen LogP contribution in [-0.2, 0) is 6.54 Å². The van der Waals surface area contributed by atoms with Gasteiger partial charge in [0.05, 0.1) is 35.8 Å². The molecule has 0 aliphatic carbocycles. The Balaban J connectivity index is 1.49. The van der Waals surface area contributed by atoms with E-state index in [1.54, 1.807) is 25.3 Å². The van der Waals surface area contributed by atoms with Gasteiger partial charge in [-0.3, -0.25) is 4.79 Å². The lowest BCUT2D eigenvalue weighted by molar-refractivity contribution is 0.0937. The lowest BCUT2D eigenvalue weighted by Crippen LogP contribution is -2.29. The van der Waals surface area contributed by atoms with Gasteiger partial charge in [-0.1, -0.05) is 41.9 Å². The summed E-state index contributed by atoms with van der Waals surface area (Å²) < 4.78 is 13.2. The fourth-order valence-electron chi connectivity index (χ4n) is 3.74. The van der Waals surface area contributed by atoms with Crippen LogP contribution in [0.15, 0.2) is 72.8 Å². The summed E-state index contributed by atoms with van der Waals surface area (Å²) >= 11 is 6.18. The molecule has 170 valence electrons. The first-order valence-electron chi connectivity index (χ1n) is 10.8. The topological polar surface area (TPSA) is 65.4 Å². The summed E-state index contributed by atoms with van der Waals surface area (Å²) in [7, 11) is 1.58. The molecule has 1 heterocycles. The summed E-state index contributed by atoms with van der Waals surface area (Å²) in [6.07, 6.45) is 0.759.